The van der Waals surface area contributed by atoms with Crippen LogP contribution in [-0.4, -0.2) is 24.6 Å². The summed E-state index contributed by atoms with van der Waals surface area (Å²) in [6.45, 7) is 2.18. The molecule has 0 saturated carbocycles. The number of rotatable bonds is 2. The highest BCUT2D eigenvalue weighted by Gasteiger charge is 2.18. The number of hydrogen-bond donors (Lipinski definition) is 2. The van der Waals surface area contributed by atoms with Crippen LogP contribution in [-0.2, 0) is 4.74 Å². The number of nitrogens with zero attached hydrogens (tertiary/aromatic N) is 1. The summed E-state index contributed by atoms with van der Waals surface area (Å²) in [4.78, 5) is 10.1. The fourth-order valence-electron chi connectivity index (χ4n) is 1.72. The highest BCUT2D eigenvalue weighted by atomic mass is 16.6. The van der Waals surface area contributed by atoms with Gasteiger partial charge in [0.25, 0.3) is 5.69 Å². The summed E-state index contributed by atoms with van der Waals surface area (Å²) < 4.78 is 5.53. The molecule has 16 heavy (non-hydrogen) atoms. The Bertz CT molecular complexity index is 402. The standard InChI is InChI=1S/C10H13N3O3/c11-8-5-7(1-2-9(8)13(14)15)10-6-12-3-4-16-10/h1-2,5,10,12H,3-4,6,11H2. The molecule has 1 unspecified atom stereocenters. The second-order valence-corrected chi connectivity index (χ2v) is 3.64. The smallest absolute Gasteiger partial charge is 0.292 e. The summed E-state index contributed by atoms with van der Waals surface area (Å²) in [6, 6.07) is 4.71. The molecule has 86 valence electrons. The zero-order valence-electron chi connectivity index (χ0n) is 8.68. The Labute approximate surface area is 92.5 Å². The molecule has 6 heteroatoms. The number of nitrogens with one attached hydrogen (secondary N) is 1. The molecule has 1 fully saturated rings. The molecule has 0 aromatic heterocycles. The van der Waals surface area contributed by atoms with E-state index in [1.807, 2.05) is 0 Å². The van der Waals surface area contributed by atoms with Gasteiger partial charge in [-0.25, -0.2) is 0 Å². The molecule has 1 saturated heterocycles. The van der Waals surface area contributed by atoms with Crippen molar-refractivity contribution in [3.05, 3.63) is 33.9 Å². The van der Waals surface area contributed by atoms with Crippen molar-refractivity contribution in [3.8, 4) is 0 Å². The molecule has 1 aliphatic rings. The predicted molar refractivity (Wildman–Crippen MR) is 59.1 cm³/mol. The van der Waals surface area contributed by atoms with E-state index in [1.165, 1.54) is 6.07 Å². The van der Waals surface area contributed by atoms with E-state index in [0.717, 1.165) is 12.1 Å². The fraction of sp³-hybridized carbons (Fsp3) is 0.400. The number of nitrogen functional groups attached to an aromatic ring is 1. The topological polar surface area (TPSA) is 90.4 Å². The first-order valence-electron chi connectivity index (χ1n) is 5.04. The lowest BCUT2D eigenvalue weighted by atomic mass is 10.1. The van der Waals surface area contributed by atoms with E-state index in [0.29, 0.717) is 13.2 Å². The number of anilines is 1. The minimum Gasteiger partial charge on any atom is -0.393 e. The number of morpholine rings is 1. The number of nitro benzene ring substituents is 1. The lowest BCUT2D eigenvalue weighted by Gasteiger charge is -2.24. The molecule has 1 aliphatic heterocycles. The van der Waals surface area contributed by atoms with Crippen LogP contribution in [0.1, 0.15) is 11.7 Å². The summed E-state index contributed by atoms with van der Waals surface area (Å²) in [6.07, 6.45) is -0.0724. The van der Waals surface area contributed by atoms with Crippen LogP contribution >= 0.6 is 0 Å². The van der Waals surface area contributed by atoms with Crippen LogP contribution in [0.3, 0.4) is 0 Å². The Morgan fingerprint density at radius 3 is 2.94 bits per heavy atom. The molecular weight excluding hydrogens is 210 g/mol. The van der Waals surface area contributed by atoms with E-state index < -0.39 is 4.92 Å². The normalized spacial score (nSPS) is 20.6. The predicted octanol–water partition coefficient (Wildman–Crippen LogP) is 0.838. The Morgan fingerprint density at radius 1 is 1.56 bits per heavy atom. The van der Waals surface area contributed by atoms with Gasteiger partial charge in [-0.1, -0.05) is 0 Å². The Kier molecular flexibility index (Phi) is 3.02. The van der Waals surface area contributed by atoms with Gasteiger partial charge in [0.1, 0.15) is 5.69 Å². The van der Waals surface area contributed by atoms with Crippen molar-refractivity contribution >= 4 is 11.4 Å². The zero-order valence-corrected chi connectivity index (χ0v) is 8.68. The van der Waals surface area contributed by atoms with Crippen molar-refractivity contribution in [3.63, 3.8) is 0 Å². The van der Waals surface area contributed by atoms with E-state index in [-0.39, 0.29) is 17.5 Å². The maximum Gasteiger partial charge on any atom is 0.292 e. The van der Waals surface area contributed by atoms with Crippen molar-refractivity contribution in [2.45, 2.75) is 6.10 Å². The minimum atomic E-state index is -0.487. The Balaban J connectivity index is 2.23. The number of benzene rings is 1. The summed E-state index contributed by atoms with van der Waals surface area (Å²) >= 11 is 0. The Morgan fingerprint density at radius 2 is 2.38 bits per heavy atom. The van der Waals surface area contributed by atoms with E-state index in [2.05, 4.69) is 5.32 Å². The van der Waals surface area contributed by atoms with Gasteiger partial charge in [0, 0.05) is 19.2 Å². The second-order valence-electron chi connectivity index (χ2n) is 3.64. The molecule has 0 amide bonds. The van der Waals surface area contributed by atoms with Gasteiger partial charge in [-0.2, -0.15) is 0 Å². The van der Waals surface area contributed by atoms with Gasteiger partial charge >= 0.3 is 0 Å². The van der Waals surface area contributed by atoms with Crippen molar-refractivity contribution < 1.29 is 9.66 Å². The highest BCUT2D eigenvalue weighted by molar-refractivity contribution is 5.59. The van der Waals surface area contributed by atoms with Crippen LogP contribution in [0.25, 0.3) is 0 Å². The van der Waals surface area contributed by atoms with Crippen LogP contribution in [0.4, 0.5) is 11.4 Å². The van der Waals surface area contributed by atoms with Gasteiger partial charge in [-0.15, -0.1) is 0 Å². The van der Waals surface area contributed by atoms with Crippen molar-refractivity contribution in [2.24, 2.45) is 0 Å². The van der Waals surface area contributed by atoms with Crippen LogP contribution < -0.4 is 11.1 Å². The van der Waals surface area contributed by atoms with E-state index in [1.54, 1.807) is 12.1 Å². The summed E-state index contributed by atoms with van der Waals surface area (Å²) in [7, 11) is 0. The lowest BCUT2D eigenvalue weighted by molar-refractivity contribution is -0.383. The summed E-state index contributed by atoms with van der Waals surface area (Å²) in [5, 5.41) is 13.8. The lowest BCUT2D eigenvalue weighted by Crippen LogP contribution is -2.33. The molecule has 0 bridgehead atoms. The average Bonchev–Trinajstić information content (AvgIpc) is 2.29. The fourth-order valence-corrected chi connectivity index (χ4v) is 1.72. The van der Waals surface area contributed by atoms with Crippen LogP contribution in [0.5, 0.6) is 0 Å². The molecule has 1 atom stereocenters. The van der Waals surface area contributed by atoms with E-state index in [9.17, 15) is 10.1 Å². The molecule has 1 heterocycles. The van der Waals surface area contributed by atoms with E-state index >= 15 is 0 Å². The number of nitrogens with two attached hydrogens (primary N) is 1. The van der Waals surface area contributed by atoms with Gasteiger partial charge in [0.15, 0.2) is 0 Å². The molecule has 1 aromatic rings. The zero-order chi connectivity index (χ0) is 11.5. The molecule has 2 rings (SSSR count). The molecular formula is C10H13N3O3. The van der Waals surface area contributed by atoms with Gasteiger partial charge in [0.05, 0.1) is 17.6 Å². The highest BCUT2D eigenvalue weighted by Crippen LogP contribution is 2.27. The monoisotopic (exact) mass is 223 g/mol. The number of ether oxygens (including phenoxy) is 1. The SMILES string of the molecule is Nc1cc(C2CNCCO2)ccc1[N+](=O)[O-]. The molecule has 0 spiro atoms. The van der Waals surface area contributed by atoms with Gasteiger partial charge in [-0.3, -0.25) is 10.1 Å². The first-order chi connectivity index (χ1) is 7.68. The Hall–Kier alpha value is -1.66. The minimum absolute atomic E-state index is 0.0625. The van der Waals surface area contributed by atoms with Crippen LogP contribution in [0, 0.1) is 10.1 Å². The molecule has 0 aliphatic carbocycles. The van der Waals surface area contributed by atoms with Crippen molar-refractivity contribution in [1.29, 1.82) is 0 Å². The summed E-state index contributed by atoms with van der Waals surface area (Å²) in [5.41, 5.74) is 6.60. The molecule has 6 nitrogen and oxygen atoms in total. The third-order valence-electron chi connectivity index (χ3n) is 2.55. The van der Waals surface area contributed by atoms with Crippen LogP contribution in [0.15, 0.2) is 18.2 Å². The maximum absolute atomic E-state index is 10.6. The maximum atomic E-state index is 10.6. The second kappa shape index (κ2) is 4.46. The van der Waals surface area contributed by atoms with Crippen molar-refractivity contribution in [1.82, 2.24) is 5.32 Å². The van der Waals surface area contributed by atoms with Gasteiger partial charge in [0.2, 0.25) is 0 Å². The van der Waals surface area contributed by atoms with Gasteiger partial charge in [-0.05, 0) is 17.7 Å². The first-order valence-corrected chi connectivity index (χ1v) is 5.04. The summed E-state index contributed by atoms with van der Waals surface area (Å²) in [5.74, 6) is 0. The molecule has 0 radical (unpaired) electrons. The van der Waals surface area contributed by atoms with Gasteiger partial charge < -0.3 is 15.8 Å². The average molecular weight is 223 g/mol. The third kappa shape index (κ3) is 2.12. The largest absolute Gasteiger partial charge is 0.393 e. The van der Waals surface area contributed by atoms with E-state index in [4.69, 9.17) is 10.5 Å². The van der Waals surface area contributed by atoms with Crippen LogP contribution in [0.2, 0.25) is 0 Å². The third-order valence-corrected chi connectivity index (χ3v) is 2.55. The van der Waals surface area contributed by atoms with Crippen molar-refractivity contribution in [2.75, 3.05) is 25.4 Å². The molecule has 3 N–H and O–H groups in total. The quantitative estimate of drug-likeness (QED) is 0.440. The number of hydrogen-bond acceptors (Lipinski definition) is 5. The molecule has 1 aromatic carbocycles. The number of nitro groups is 1. The first kappa shape index (κ1) is 10.8.